The number of carbonyl (C=O) groups excluding carboxylic acids is 2. The van der Waals surface area contributed by atoms with Crippen LogP contribution >= 0.6 is 0 Å². The summed E-state index contributed by atoms with van der Waals surface area (Å²) in [6, 6.07) is 0. The van der Waals surface area contributed by atoms with Crippen LogP contribution in [0.1, 0.15) is 12.8 Å². The van der Waals surface area contributed by atoms with Crippen molar-refractivity contribution in [2.24, 2.45) is 0 Å². The number of hydrogen-bond acceptors (Lipinski definition) is 11. The highest BCUT2D eigenvalue weighted by Gasteiger charge is 2.43. The van der Waals surface area contributed by atoms with Gasteiger partial charge in [-0.1, -0.05) is 0 Å². The number of ether oxygens (including phenoxy) is 1. The molecule has 1 unspecified atom stereocenters. The number of aliphatic hydroxyl groups is 6. The van der Waals surface area contributed by atoms with Crippen LogP contribution in [0.15, 0.2) is 0 Å². The van der Waals surface area contributed by atoms with Crippen LogP contribution in [0.2, 0.25) is 0 Å². The lowest BCUT2D eigenvalue weighted by atomic mass is 9.96. The monoisotopic (exact) mass is 370 g/mol. The van der Waals surface area contributed by atoms with Crippen molar-refractivity contribution in [3.63, 3.8) is 0 Å². The minimum absolute atomic E-state index is 1.03. The van der Waals surface area contributed by atoms with Crippen LogP contribution in [0.25, 0.3) is 0 Å². The summed E-state index contributed by atoms with van der Waals surface area (Å²) in [5.41, 5.74) is -3.08. The first-order chi connectivity index (χ1) is 11.4. The molecule has 5 atom stereocenters. The number of rotatable bonds is 10. The van der Waals surface area contributed by atoms with Crippen molar-refractivity contribution in [1.29, 1.82) is 0 Å². The van der Waals surface area contributed by atoms with Crippen LogP contribution < -0.4 is 0 Å². The van der Waals surface area contributed by atoms with Gasteiger partial charge in [0.2, 0.25) is 0 Å². The Morgan fingerprint density at radius 1 is 0.920 bits per heavy atom. The quantitative estimate of drug-likeness (QED) is 0.133. The Labute approximate surface area is 139 Å². The maximum atomic E-state index is 11.4. The Balaban J connectivity index is 4.91. The second kappa shape index (κ2) is 9.36. The Morgan fingerprint density at radius 3 is 1.84 bits per heavy atom. The fourth-order valence-electron chi connectivity index (χ4n) is 1.57. The van der Waals surface area contributed by atoms with Crippen molar-refractivity contribution in [3.05, 3.63) is 0 Å². The zero-order valence-electron chi connectivity index (χ0n) is 12.5. The van der Waals surface area contributed by atoms with Crippen LogP contribution in [0, 0.1) is 0 Å². The minimum Gasteiger partial charge on any atom is -0.481 e. The molecule has 13 nitrogen and oxygen atoms in total. The Bertz CT molecular complexity index is 517. The highest BCUT2D eigenvalue weighted by atomic mass is 16.6. The van der Waals surface area contributed by atoms with E-state index in [4.69, 9.17) is 20.4 Å². The highest BCUT2D eigenvalue weighted by molar-refractivity contribution is 5.93. The van der Waals surface area contributed by atoms with Crippen molar-refractivity contribution in [3.8, 4) is 0 Å². The molecule has 0 fully saturated rings. The zero-order chi connectivity index (χ0) is 19.9. The van der Waals surface area contributed by atoms with E-state index in [1.807, 2.05) is 0 Å². The molecule has 25 heavy (non-hydrogen) atoms. The topological polar surface area (TPSA) is 239 Å². The molecule has 0 spiro atoms. The fraction of sp³-hybridized carbons (Fsp3) is 0.667. The number of hydrogen-bond donors (Lipinski definition) is 8. The van der Waals surface area contributed by atoms with Gasteiger partial charge in [-0.15, -0.1) is 0 Å². The number of aliphatic hydroxyl groups excluding tert-OH is 5. The van der Waals surface area contributed by atoms with E-state index in [-0.39, 0.29) is 0 Å². The maximum Gasteiger partial charge on any atom is 0.345 e. The summed E-state index contributed by atoms with van der Waals surface area (Å²) in [6.07, 6.45) is -11.9. The first kappa shape index (κ1) is 22.8. The van der Waals surface area contributed by atoms with Gasteiger partial charge in [0, 0.05) is 0 Å². The molecule has 0 aliphatic carbocycles. The summed E-state index contributed by atoms with van der Waals surface area (Å²) >= 11 is 0. The lowest BCUT2D eigenvalue weighted by molar-refractivity contribution is -0.182. The molecule has 0 aromatic heterocycles. The van der Waals surface area contributed by atoms with E-state index in [1.165, 1.54) is 0 Å². The van der Waals surface area contributed by atoms with Crippen LogP contribution in [0.5, 0.6) is 0 Å². The highest BCUT2D eigenvalue weighted by Crippen LogP contribution is 2.17. The van der Waals surface area contributed by atoms with E-state index in [2.05, 4.69) is 4.74 Å². The van der Waals surface area contributed by atoms with E-state index in [0.29, 0.717) is 0 Å². The van der Waals surface area contributed by atoms with Gasteiger partial charge in [0.05, 0.1) is 19.4 Å². The van der Waals surface area contributed by atoms with Gasteiger partial charge >= 0.3 is 23.9 Å². The molecule has 0 aromatic carbocycles. The molecular weight excluding hydrogens is 352 g/mol. The molecule has 0 radical (unpaired) electrons. The molecule has 0 saturated carbocycles. The minimum atomic E-state index is -3.08. The number of carbonyl (C=O) groups is 4. The zero-order valence-corrected chi connectivity index (χ0v) is 12.5. The second-order valence-electron chi connectivity index (χ2n) is 5.05. The average molecular weight is 370 g/mol. The summed E-state index contributed by atoms with van der Waals surface area (Å²) in [5.74, 6) is -7.45. The van der Waals surface area contributed by atoms with E-state index in [0.717, 1.165) is 0 Å². The van der Waals surface area contributed by atoms with Crippen LogP contribution in [-0.2, 0) is 23.9 Å². The summed E-state index contributed by atoms with van der Waals surface area (Å²) in [6.45, 7) is -1.03. The lowest BCUT2D eigenvalue weighted by Gasteiger charge is -2.24. The summed E-state index contributed by atoms with van der Waals surface area (Å²) in [7, 11) is 0. The number of carboxylic acids is 2. The first-order valence-corrected chi connectivity index (χ1v) is 6.61. The average Bonchev–Trinajstić information content (AvgIpc) is 2.50. The SMILES string of the molecule is O=C(O)CC(O)(CC(=O)OC(=O)[C@H](O)[C@@H](O)[C@H](O)[C@H](O)CO)C(=O)O. The van der Waals surface area contributed by atoms with E-state index < -0.39 is 73.3 Å². The predicted octanol–water partition coefficient (Wildman–Crippen LogP) is -4.83. The lowest BCUT2D eigenvalue weighted by Crippen LogP contribution is -2.50. The summed E-state index contributed by atoms with van der Waals surface area (Å²) < 4.78 is 3.96. The number of esters is 2. The Hall–Kier alpha value is -2.16. The third-order valence-corrected chi connectivity index (χ3v) is 2.99. The normalized spacial score (nSPS) is 18.3. The van der Waals surface area contributed by atoms with Crippen molar-refractivity contribution < 1.29 is 64.8 Å². The van der Waals surface area contributed by atoms with Gasteiger partial charge in [0.15, 0.2) is 11.7 Å². The summed E-state index contributed by atoms with van der Waals surface area (Å²) in [4.78, 5) is 44.2. The molecule has 144 valence electrons. The first-order valence-electron chi connectivity index (χ1n) is 6.61. The molecule has 0 rings (SSSR count). The van der Waals surface area contributed by atoms with Gasteiger partial charge in [0.1, 0.15) is 18.3 Å². The van der Waals surface area contributed by atoms with Gasteiger partial charge in [-0.2, -0.15) is 0 Å². The third-order valence-electron chi connectivity index (χ3n) is 2.99. The molecule has 0 aliphatic heterocycles. The predicted molar refractivity (Wildman–Crippen MR) is 71.7 cm³/mol. The summed E-state index contributed by atoms with van der Waals surface area (Å²) in [5, 5.41) is 72.6. The standard InChI is InChI=1S/C12H18O13/c13-3-4(14)7(18)8(19)9(20)10(21)25-6(17)2-12(24,11(22)23)1-5(15)16/h4,7-9,13-14,18-20,24H,1-3H2,(H,15,16)(H,22,23)/t4-,7-,8+,9-,12?/m1/s1. The fourth-order valence-corrected chi connectivity index (χ4v) is 1.57. The van der Waals surface area contributed by atoms with Crippen molar-refractivity contribution in [2.45, 2.75) is 42.9 Å². The van der Waals surface area contributed by atoms with Crippen molar-refractivity contribution >= 4 is 23.9 Å². The Morgan fingerprint density at radius 2 is 1.44 bits per heavy atom. The molecule has 0 amide bonds. The third kappa shape index (κ3) is 6.69. The molecule has 0 bridgehead atoms. The number of carboxylic acid groups (broad SMARTS) is 2. The van der Waals surface area contributed by atoms with Gasteiger partial charge in [-0.3, -0.25) is 9.59 Å². The van der Waals surface area contributed by atoms with Gasteiger partial charge < -0.3 is 45.6 Å². The Kier molecular flexibility index (Phi) is 8.55. The smallest absolute Gasteiger partial charge is 0.345 e. The molecular formula is C12H18O13. The van der Waals surface area contributed by atoms with Gasteiger partial charge in [0.25, 0.3) is 0 Å². The molecule has 0 saturated heterocycles. The van der Waals surface area contributed by atoms with Gasteiger partial charge in [-0.25, -0.2) is 9.59 Å². The van der Waals surface area contributed by atoms with E-state index in [1.54, 1.807) is 0 Å². The molecule has 0 aromatic rings. The van der Waals surface area contributed by atoms with Crippen LogP contribution in [0.3, 0.4) is 0 Å². The molecule has 13 heteroatoms. The van der Waals surface area contributed by atoms with Crippen molar-refractivity contribution in [2.75, 3.05) is 6.61 Å². The van der Waals surface area contributed by atoms with E-state index >= 15 is 0 Å². The maximum absolute atomic E-state index is 11.4. The van der Waals surface area contributed by atoms with Crippen LogP contribution in [-0.4, -0.2) is 101 Å². The molecule has 0 heterocycles. The largest absolute Gasteiger partial charge is 0.481 e. The molecule has 8 N–H and O–H groups in total. The number of aliphatic carboxylic acids is 2. The van der Waals surface area contributed by atoms with Gasteiger partial charge in [-0.05, 0) is 0 Å². The van der Waals surface area contributed by atoms with Crippen LogP contribution in [0.4, 0.5) is 0 Å². The molecule has 0 aliphatic rings. The van der Waals surface area contributed by atoms with E-state index in [9.17, 15) is 39.6 Å². The van der Waals surface area contributed by atoms with Crippen molar-refractivity contribution in [1.82, 2.24) is 0 Å². The second-order valence-corrected chi connectivity index (χ2v) is 5.05.